The van der Waals surface area contributed by atoms with E-state index in [2.05, 4.69) is 11.3 Å². The Morgan fingerprint density at radius 2 is 1.56 bits per heavy atom. The molecule has 25 heavy (non-hydrogen) atoms. The SMILES string of the molecule is CCCCCCCCCCCCOC(=O)C(CCSC)N[Se]C(C)=O. The summed E-state index contributed by atoms with van der Waals surface area (Å²) in [4.78, 5) is 23.2. The van der Waals surface area contributed by atoms with Gasteiger partial charge in [-0.05, 0) is 0 Å². The molecule has 0 aromatic rings. The molecule has 0 aromatic heterocycles. The number of rotatable bonds is 18. The molecule has 0 aromatic carbocycles. The third-order valence-corrected chi connectivity index (χ3v) is 6.07. The Hall–Kier alpha value is -0.0305. The van der Waals surface area contributed by atoms with Gasteiger partial charge in [0.15, 0.2) is 0 Å². The molecular weight excluding hydrogens is 401 g/mol. The molecule has 0 spiro atoms. The second kappa shape index (κ2) is 18.8. The van der Waals surface area contributed by atoms with Crippen molar-refractivity contribution in [3.63, 3.8) is 0 Å². The maximum absolute atomic E-state index is 12.1. The fourth-order valence-corrected chi connectivity index (χ4v) is 4.04. The van der Waals surface area contributed by atoms with Crippen LogP contribution in [0.1, 0.15) is 84.5 Å². The summed E-state index contributed by atoms with van der Waals surface area (Å²) < 4.78 is 8.56. The molecule has 1 unspecified atom stereocenters. The molecule has 1 N–H and O–H groups in total. The molecule has 0 aliphatic heterocycles. The van der Waals surface area contributed by atoms with E-state index in [-0.39, 0.29) is 31.9 Å². The van der Waals surface area contributed by atoms with E-state index in [0.29, 0.717) is 13.0 Å². The van der Waals surface area contributed by atoms with Crippen LogP contribution in [0.3, 0.4) is 0 Å². The Balaban J connectivity index is 3.65. The molecule has 4 nitrogen and oxygen atoms in total. The third-order valence-electron chi connectivity index (χ3n) is 3.98. The Bertz CT molecular complexity index is 343. The molecule has 148 valence electrons. The predicted octanol–water partition coefficient (Wildman–Crippen LogP) is 4.33. The molecule has 0 aliphatic carbocycles. The van der Waals surface area contributed by atoms with E-state index in [1.165, 1.54) is 51.4 Å². The monoisotopic (exact) mass is 439 g/mol. The number of ether oxygens (including phenoxy) is 1. The van der Waals surface area contributed by atoms with Gasteiger partial charge in [-0.2, -0.15) is 0 Å². The van der Waals surface area contributed by atoms with Crippen LogP contribution in [0.15, 0.2) is 0 Å². The average molecular weight is 439 g/mol. The fraction of sp³-hybridized carbons (Fsp3) is 0.895. The van der Waals surface area contributed by atoms with E-state index < -0.39 is 0 Å². The van der Waals surface area contributed by atoms with Gasteiger partial charge in [0.2, 0.25) is 0 Å². The Morgan fingerprint density at radius 3 is 2.08 bits per heavy atom. The third kappa shape index (κ3) is 17.2. The molecule has 0 saturated carbocycles. The summed E-state index contributed by atoms with van der Waals surface area (Å²) in [6.45, 7) is 4.30. The number of unbranched alkanes of at least 4 members (excludes halogenated alkanes) is 9. The average Bonchev–Trinajstić information content (AvgIpc) is 2.59. The van der Waals surface area contributed by atoms with Gasteiger partial charge < -0.3 is 0 Å². The van der Waals surface area contributed by atoms with Crippen LogP contribution in [-0.4, -0.2) is 50.5 Å². The van der Waals surface area contributed by atoms with Crippen LogP contribution in [0.2, 0.25) is 0 Å². The number of esters is 1. The van der Waals surface area contributed by atoms with Crippen LogP contribution in [0, 0.1) is 0 Å². The van der Waals surface area contributed by atoms with Crippen LogP contribution in [0.25, 0.3) is 0 Å². The van der Waals surface area contributed by atoms with E-state index in [1.807, 2.05) is 6.26 Å². The van der Waals surface area contributed by atoms with Crippen molar-refractivity contribution in [3.8, 4) is 0 Å². The Kier molecular flexibility index (Phi) is 18.7. The summed E-state index contributed by atoms with van der Waals surface area (Å²) in [5.74, 6) is 0.687. The number of carbonyl (C=O) groups is 2. The van der Waals surface area contributed by atoms with Crippen molar-refractivity contribution in [3.05, 3.63) is 0 Å². The number of hydrogen-bond acceptors (Lipinski definition) is 5. The zero-order valence-electron chi connectivity index (χ0n) is 16.3. The first-order valence-corrected chi connectivity index (χ1v) is 12.8. The molecule has 0 fully saturated rings. The van der Waals surface area contributed by atoms with Gasteiger partial charge in [-0.1, -0.05) is 26.2 Å². The van der Waals surface area contributed by atoms with Crippen molar-refractivity contribution in [2.24, 2.45) is 0 Å². The molecule has 0 radical (unpaired) electrons. The van der Waals surface area contributed by atoms with Crippen LogP contribution >= 0.6 is 11.8 Å². The van der Waals surface area contributed by atoms with Crippen molar-refractivity contribution < 1.29 is 14.3 Å². The van der Waals surface area contributed by atoms with Gasteiger partial charge in [0.05, 0.1) is 0 Å². The molecule has 1 atom stereocenters. The Labute approximate surface area is 165 Å². The van der Waals surface area contributed by atoms with Crippen molar-refractivity contribution in [1.29, 1.82) is 0 Å². The summed E-state index contributed by atoms with van der Waals surface area (Å²) in [6.07, 6.45) is 15.4. The quantitative estimate of drug-likeness (QED) is 0.196. The van der Waals surface area contributed by atoms with Gasteiger partial charge in [0.25, 0.3) is 0 Å². The number of carbonyl (C=O) groups excluding carboxylic acids is 2. The summed E-state index contributed by atoms with van der Waals surface area (Å²) in [6, 6.07) is -0.334. The zero-order chi connectivity index (χ0) is 18.8. The fourth-order valence-electron chi connectivity index (χ4n) is 2.48. The molecule has 0 rings (SSSR count). The summed E-state index contributed by atoms with van der Waals surface area (Å²) in [5, 5.41) is 0. The normalized spacial score (nSPS) is 12.1. The molecule has 0 amide bonds. The minimum absolute atomic E-state index is 0.101. The van der Waals surface area contributed by atoms with Crippen LogP contribution in [0.5, 0.6) is 0 Å². The van der Waals surface area contributed by atoms with Gasteiger partial charge in [-0.15, -0.1) is 0 Å². The van der Waals surface area contributed by atoms with E-state index in [0.717, 1.165) is 18.6 Å². The van der Waals surface area contributed by atoms with Crippen molar-refractivity contribution in [2.75, 3.05) is 18.6 Å². The van der Waals surface area contributed by atoms with E-state index in [1.54, 1.807) is 18.7 Å². The van der Waals surface area contributed by atoms with Gasteiger partial charge in [-0.25, -0.2) is 0 Å². The number of hydrogen-bond donors (Lipinski definition) is 1. The molecule has 0 bridgehead atoms. The molecule has 0 saturated heterocycles. The van der Waals surface area contributed by atoms with E-state index >= 15 is 0 Å². The summed E-state index contributed by atoms with van der Waals surface area (Å²) >= 11 is 1.37. The van der Waals surface area contributed by atoms with Crippen molar-refractivity contribution >= 4 is 37.6 Å². The van der Waals surface area contributed by atoms with Gasteiger partial charge >= 0.3 is 139 Å². The second-order valence-corrected chi connectivity index (χ2v) is 9.51. The zero-order valence-corrected chi connectivity index (χ0v) is 18.8. The van der Waals surface area contributed by atoms with Crippen LogP contribution in [-0.2, 0) is 14.3 Å². The first-order chi connectivity index (χ1) is 12.1. The number of thioether (sulfide) groups is 1. The molecular formula is C19H37NO3SSe. The first kappa shape index (κ1) is 25.0. The molecule has 0 heterocycles. The van der Waals surface area contributed by atoms with Gasteiger partial charge in [0.1, 0.15) is 0 Å². The second-order valence-electron chi connectivity index (χ2n) is 6.40. The van der Waals surface area contributed by atoms with Crippen LogP contribution < -0.4 is 4.33 Å². The molecule has 6 heteroatoms. The van der Waals surface area contributed by atoms with E-state index in [9.17, 15) is 9.59 Å². The maximum atomic E-state index is 12.1. The standard InChI is InChI=1S/C19H37NO3SSe/c1-4-5-6-7-8-9-10-11-12-13-15-23-19(22)18(14-16-24-3)20-25-17(2)21/h18,20H,4-16H2,1-3H3. The van der Waals surface area contributed by atoms with Crippen molar-refractivity contribution in [1.82, 2.24) is 4.33 Å². The first-order valence-electron chi connectivity index (χ1n) is 9.70. The van der Waals surface area contributed by atoms with Gasteiger partial charge in [-0.3, -0.25) is 0 Å². The molecule has 0 aliphatic rings. The minimum atomic E-state index is -0.334. The van der Waals surface area contributed by atoms with Crippen molar-refractivity contribution in [2.45, 2.75) is 90.5 Å². The summed E-state index contributed by atoms with van der Waals surface area (Å²) in [5.41, 5.74) is 0. The van der Waals surface area contributed by atoms with Crippen LogP contribution in [0.4, 0.5) is 0 Å². The van der Waals surface area contributed by atoms with Gasteiger partial charge in [0, 0.05) is 0 Å². The number of nitrogens with one attached hydrogen (secondary N) is 1. The summed E-state index contributed by atoms with van der Waals surface area (Å²) in [7, 11) is 0. The van der Waals surface area contributed by atoms with E-state index in [4.69, 9.17) is 4.74 Å². The Morgan fingerprint density at radius 1 is 1.00 bits per heavy atom. The topological polar surface area (TPSA) is 55.4 Å². The predicted molar refractivity (Wildman–Crippen MR) is 109 cm³/mol.